The summed E-state index contributed by atoms with van der Waals surface area (Å²) in [4.78, 5) is 28.5. The molecule has 1 saturated heterocycles. The van der Waals surface area contributed by atoms with E-state index in [1.54, 1.807) is 12.1 Å². The molecule has 0 aromatic carbocycles. The van der Waals surface area contributed by atoms with E-state index >= 15 is 0 Å². The first-order chi connectivity index (χ1) is 11.6. The number of hydrogen-bond acceptors (Lipinski definition) is 4. The molecule has 0 N–H and O–H groups in total. The zero-order chi connectivity index (χ0) is 16.9. The summed E-state index contributed by atoms with van der Waals surface area (Å²) in [5.41, 5.74) is 0.808. The number of nitrogens with zero attached hydrogens (tertiary/aromatic N) is 4. The largest absolute Gasteiger partial charge is 0.340 e. The van der Waals surface area contributed by atoms with Gasteiger partial charge in [0, 0.05) is 45.2 Å². The summed E-state index contributed by atoms with van der Waals surface area (Å²) >= 11 is 0. The van der Waals surface area contributed by atoms with Crippen molar-refractivity contribution in [1.29, 1.82) is 0 Å². The van der Waals surface area contributed by atoms with Crippen LogP contribution in [0.2, 0.25) is 0 Å². The smallest absolute Gasteiger partial charge is 0.266 e. The van der Waals surface area contributed by atoms with Gasteiger partial charge < -0.3 is 4.90 Å². The second-order valence-electron chi connectivity index (χ2n) is 7.11. The molecule has 6 nitrogen and oxygen atoms in total. The zero-order valence-corrected chi connectivity index (χ0v) is 14.6. The Morgan fingerprint density at radius 3 is 2.54 bits per heavy atom. The lowest BCUT2D eigenvalue weighted by Crippen LogP contribution is -2.49. The van der Waals surface area contributed by atoms with E-state index < -0.39 is 0 Å². The Hall–Kier alpha value is -1.69. The van der Waals surface area contributed by atoms with Crippen molar-refractivity contribution >= 4 is 5.91 Å². The molecule has 3 rings (SSSR count). The summed E-state index contributed by atoms with van der Waals surface area (Å²) in [5.74, 6) is 0.952. The Balaban J connectivity index is 1.42. The molecule has 0 spiro atoms. The maximum Gasteiger partial charge on any atom is 0.266 e. The number of carbonyl (C=O) groups excluding carboxylic acids is 1. The van der Waals surface area contributed by atoms with E-state index in [0.29, 0.717) is 18.4 Å². The summed E-state index contributed by atoms with van der Waals surface area (Å²) in [6.07, 6.45) is 5.77. The topological polar surface area (TPSA) is 58.4 Å². The molecule has 0 bridgehead atoms. The first-order valence-corrected chi connectivity index (χ1v) is 9.17. The van der Waals surface area contributed by atoms with Crippen molar-refractivity contribution < 1.29 is 4.79 Å². The molecule has 0 unspecified atom stereocenters. The third kappa shape index (κ3) is 4.44. The number of aromatic nitrogens is 2. The molecule has 2 aliphatic rings. The Labute approximate surface area is 143 Å². The lowest BCUT2D eigenvalue weighted by atomic mass is 10.0. The SMILES string of the molecule is Cc1ccc(=O)n(CCN2CCN(C(=O)CC3CCCC3)CC2)n1. The molecule has 6 heteroatoms. The van der Waals surface area contributed by atoms with Crippen LogP contribution in [0.25, 0.3) is 0 Å². The lowest BCUT2D eigenvalue weighted by Gasteiger charge is -2.35. The number of piperazine rings is 1. The minimum absolute atomic E-state index is 0.0500. The highest BCUT2D eigenvalue weighted by molar-refractivity contribution is 5.76. The lowest BCUT2D eigenvalue weighted by molar-refractivity contribution is -0.133. The first kappa shape index (κ1) is 17.1. The Kier molecular flexibility index (Phi) is 5.66. The highest BCUT2D eigenvalue weighted by Crippen LogP contribution is 2.28. The van der Waals surface area contributed by atoms with Crippen LogP contribution in [0.3, 0.4) is 0 Å². The second-order valence-corrected chi connectivity index (χ2v) is 7.11. The third-order valence-electron chi connectivity index (χ3n) is 5.29. The molecule has 2 fully saturated rings. The van der Waals surface area contributed by atoms with Crippen LogP contribution in [0.4, 0.5) is 0 Å². The van der Waals surface area contributed by atoms with Crippen molar-refractivity contribution in [2.45, 2.75) is 45.6 Å². The van der Waals surface area contributed by atoms with E-state index in [4.69, 9.17) is 0 Å². The molecule has 1 amide bonds. The van der Waals surface area contributed by atoms with E-state index in [0.717, 1.165) is 44.8 Å². The fourth-order valence-electron chi connectivity index (χ4n) is 3.76. The van der Waals surface area contributed by atoms with Gasteiger partial charge in [-0.3, -0.25) is 14.5 Å². The van der Waals surface area contributed by atoms with Crippen LogP contribution in [-0.2, 0) is 11.3 Å². The van der Waals surface area contributed by atoms with Crippen LogP contribution in [-0.4, -0.2) is 58.2 Å². The maximum atomic E-state index is 12.4. The molecule has 1 aliphatic carbocycles. The molecule has 1 aromatic heterocycles. The monoisotopic (exact) mass is 332 g/mol. The number of carbonyl (C=O) groups is 1. The normalized spacial score (nSPS) is 19.8. The van der Waals surface area contributed by atoms with E-state index in [1.165, 1.54) is 30.4 Å². The number of rotatable bonds is 5. The molecule has 1 saturated carbocycles. The molecular weight excluding hydrogens is 304 g/mol. The highest BCUT2D eigenvalue weighted by atomic mass is 16.2. The minimum atomic E-state index is -0.0500. The van der Waals surface area contributed by atoms with Crippen molar-refractivity contribution in [3.8, 4) is 0 Å². The third-order valence-corrected chi connectivity index (χ3v) is 5.29. The first-order valence-electron chi connectivity index (χ1n) is 9.17. The van der Waals surface area contributed by atoms with Crippen molar-refractivity contribution in [2.24, 2.45) is 5.92 Å². The van der Waals surface area contributed by atoms with Crippen LogP contribution in [0.5, 0.6) is 0 Å². The van der Waals surface area contributed by atoms with E-state index in [9.17, 15) is 9.59 Å². The molecule has 24 heavy (non-hydrogen) atoms. The minimum Gasteiger partial charge on any atom is -0.340 e. The molecule has 1 aromatic rings. The van der Waals surface area contributed by atoms with Gasteiger partial charge in [-0.2, -0.15) is 5.10 Å². The quantitative estimate of drug-likeness (QED) is 0.815. The standard InChI is InChI=1S/C18H28N4O2/c1-15-6-7-17(23)22(19-15)13-10-20-8-11-21(12-9-20)18(24)14-16-4-2-3-5-16/h6-7,16H,2-5,8-14H2,1H3. The Morgan fingerprint density at radius 1 is 1.12 bits per heavy atom. The zero-order valence-electron chi connectivity index (χ0n) is 14.6. The summed E-state index contributed by atoms with van der Waals surface area (Å²) in [6.45, 7) is 6.69. The molecular formula is C18H28N4O2. The highest BCUT2D eigenvalue weighted by Gasteiger charge is 2.25. The van der Waals surface area contributed by atoms with Crippen molar-refractivity contribution in [1.82, 2.24) is 19.6 Å². The van der Waals surface area contributed by atoms with E-state index in [2.05, 4.69) is 10.00 Å². The van der Waals surface area contributed by atoms with Crippen LogP contribution >= 0.6 is 0 Å². The van der Waals surface area contributed by atoms with Crippen LogP contribution < -0.4 is 5.56 Å². The number of amides is 1. The Bertz CT molecular complexity index is 614. The van der Waals surface area contributed by atoms with Gasteiger partial charge in [-0.05, 0) is 31.7 Å². The second kappa shape index (κ2) is 7.92. The fourth-order valence-corrected chi connectivity index (χ4v) is 3.76. The van der Waals surface area contributed by atoms with Gasteiger partial charge in [0.1, 0.15) is 0 Å². The Morgan fingerprint density at radius 2 is 1.83 bits per heavy atom. The molecule has 2 heterocycles. The maximum absolute atomic E-state index is 12.4. The number of hydrogen-bond donors (Lipinski definition) is 0. The van der Waals surface area contributed by atoms with Gasteiger partial charge in [0.05, 0.1) is 12.2 Å². The van der Waals surface area contributed by atoms with Gasteiger partial charge in [-0.25, -0.2) is 4.68 Å². The van der Waals surface area contributed by atoms with E-state index in [1.807, 2.05) is 11.8 Å². The molecule has 132 valence electrons. The van der Waals surface area contributed by atoms with Crippen molar-refractivity contribution in [3.05, 3.63) is 28.2 Å². The van der Waals surface area contributed by atoms with Crippen LogP contribution in [0.15, 0.2) is 16.9 Å². The van der Waals surface area contributed by atoms with Crippen LogP contribution in [0, 0.1) is 12.8 Å². The predicted octanol–water partition coefficient (Wildman–Crippen LogP) is 1.28. The van der Waals surface area contributed by atoms with Crippen LogP contribution in [0.1, 0.15) is 37.8 Å². The van der Waals surface area contributed by atoms with Gasteiger partial charge in [0.2, 0.25) is 5.91 Å². The number of aryl methyl sites for hydroxylation is 1. The average molecular weight is 332 g/mol. The summed E-state index contributed by atoms with van der Waals surface area (Å²) < 4.78 is 1.53. The van der Waals surface area contributed by atoms with Crippen molar-refractivity contribution in [2.75, 3.05) is 32.7 Å². The molecule has 1 aliphatic heterocycles. The molecule has 0 atom stereocenters. The van der Waals surface area contributed by atoms with Gasteiger partial charge in [-0.15, -0.1) is 0 Å². The fraction of sp³-hybridized carbons (Fsp3) is 0.722. The van der Waals surface area contributed by atoms with Crippen molar-refractivity contribution in [3.63, 3.8) is 0 Å². The predicted molar refractivity (Wildman–Crippen MR) is 92.8 cm³/mol. The van der Waals surface area contributed by atoms with E-state index in [-0.39, 0.29) is 5.56 Å². The summed E-state index contributed by atoms with van der Waals surface area (Å²) in [6, 6.07) is 3.32. The summed E-state index contributed by atoms with van der Waals surface area (Å²) in [7, 11) is 0. The van der Waals surface area contributed by atoms with Gasteiger partial charge in [-0.1, -0.05) is 12.8 Å². The summed E-state index contributed by atoms with van der Waals surface area (Å²) in [5, 5.41) is 4.27. The van der Waals surface area contributed by atoms with Gasteiger partial charge in [0.25, 0.3) is 5.56 Å². The molecule has 0 radical (unpaired) electrons. The average Bonchev–Trinajstić information content (AvgIpc) is 3.09. The van der Waals surface area contributed by atoms with Gasteiger partial charge in [0.15, 0.2) is 0 Å². The van der Waals surface area contributed by atoms with Gasteiger partial charge >= 0.3 is 0 Å².